The van der Waals surface area contributed by atoms with Crippen LogP contribution in [0.1, 0.15) is 99.8 Å². The molecule has 0 aromatic carbocycles. The van der Waals surface area contributed by atoms with Gasteiger partial charge in [0.05, 0.1) is 0 Å². The van der Waals surface area contributed by atoms with Gasteiger partial charge in [-0.25, -0.2) is 0 Å². The van der Waals surface area contributed by atoms with E-state index in [1.165, 1.54) is 31.3 Å². The van der Waals surface area contributed by atoms with Crippen molar-refractivity contribution < 1.29 is 9.53 Å². The van der Waals surface area contributed by atoms with Crippen molar-refractivity contribution >= 4 is 5.97 Å². The van der Waals surface area contributed by atoms with Crippen molar-refractivity contribution in [2.75, 3.05) is 0 Å². The van der Waals surface area contributed by atoms with Gasteiger partial charge in [0.1, 0.15) is 6.10 Å². The molecule has 3 fully saturated rings. The molecule has 0 aliphatic heterocycles. The van der Waals surface area contributed by atoms with E-state index >= 15 is 0 Å². The van der Waals surface area contributed by atoms with Crippen LogP contribution in [0.25, 0.3) is 0 Å². The lowest BCUT2D eigenvalue weighted by atomic mass is 9.50. The number of carbonyl (C=O) groups excluding carboxylic acids is 1. The molecular formula is C31H48O2. The van der Waals surface area contributed by atoms with Crippen LogP contribution in [0.4, 0.5) is 0 Å². The summed E-state index contributed by atoms with van der Waals surface area (Å²) in [7, 11) is 0. The summed E-state index contributed by atoms with van der Waals surface area (Å²) in [5, 5.41) is 0. The second kappa shape index (κ2) is 9.38. The normalized spacial score (nSPS) is 39.9. The van der Waals surface area contributed by atoms with E-state index < -0.39 is 0 Å². The molecule has 0 bridgehead atoms. The van der Waals surface area contributed by atoms with E-state index in [0.29, 0.717) is 35.5 Å². The molecule has 2 nitrogen and oxygen atoms in total. The number of hydrogen-bond donors (Lipinski definition) is 0. The second-order valence-corrected chi connectivity index (χ2v) is 12.7. The molecule has 0 amide bonds. The Bertz CT molecular complexity index is 832. The molecule has 3 saturated carbocycles. The number of rotatable bonds is 6. The molecular weight excluding hydrogens is 404 g/mol. The highest BCUT2D eigenvalue weighted by molar-refractivity contribution is 5.69. The minimum absolute atomic E-state index is 0.0485. The monoisotopic (exact) mass is 452 g/mol. The topological polar surface area (TPSA) is 26.3 Å². The average molecular weight is 453 g/mol. The van der Waals surface area contributed by atoms with E-state index in [9.17, 15) is 4.79 Å². The lowest BCUT2D eigenvalue weighted by Gasteiger charge is -2.55. The summed E-state index contributed by atoms with van der Waals surface area (Å²) in [6.07, 6.45) is 19.0. The van der Waals surface area contributed by atoms with Gasteiger partial charge >= 0.3 is 5.97 Å². The van der Waals surface area contributed by atoms with Crippen LogP contribution in [0.5, 0.6) is 0 Å². The van der Waals surface area contributed by atoms with Crippen LogP contribution in [-0.4, -0.2) is 12.1 Å². The molecule has 4 aliphatic carbocycles. The van der Waals surface area contributed by atoms with Crippen LogP contribution < -0.4 is 0 Å². The van der Waals surface area contributed by atoms with Crippen molar-refractivity contribution in [2.24, 2.45) is 46.3 Å². The van der Waals surface area contributed by atoms with Crippen molar-refractivity contribution in [3.8, 4) is 0 Å². The van der Waals surface area contributed by atoms with Crippen LogP contribution >= 0.6 is 0 Å². The van der Waals surface area contributed by atoms with Crippen LogP contribution in [-0.2, 0) is 9.53 Å². The molecule has 33 heavy (non-hydrogen) atoms. The molecule has 1 unspecified atom stereocenters. The van der Waals surface area contributed by atoms with Crippen LogP contribution in [0.3, 0.4) is 0 Å². The zero-order valence-electron chi connectivity index (χ0n) is 22.3. The molecule has 2 heteroatoms. The molecule has 0 aromatic heterocycles. The van der Waals surface area contributed by atoms with Crippen LogP contribution in [0, 0.1) is 46.3 Å². The van der Waals surface area contributed by atoms with Gasteiger partial charge in [0.15, 0.2) is 0 Å². The van der Waals surface area contributed by atoms with Gasteiger partial charge in [0.2, 0.25) is 0 Å². The Hall–Kier alpha value is -1.31. The van der Waals surface area contributed by atoms with Crippen molar-refractivity contribution in [1.29, 1.82) is 0 Å². The molecule has 4 rings (SSSR count). The Morgan fingerprint density at radius 3 is 2.48 bits per heavy atom. The third-order valence-corrected chi connectivity index (χ3v) is 10.6. The molecule has 0 aromatic rings. The third-order valence-electron chi connectivity index (χ3n) is 10.6. The van der Waals surface area contributed by atoms with Gasteiger partial charge in [-0.1, -0.05) is 83.9 Å². The molecule has 0 heterocycles. The lowest BCUT2D eigenvalue weighted by Crippen LogP contribution is -2.46. The Morgan fingerprint density at radius 1 is 1.03 bits per heavy atom. The number of ether oxygens (including phenoxy) is 1. The second-order valence-electron chi connectivity index (χ2n) is 12.7. The smallest absolute Gasteiger partial charge is 0.305 e. The minimum atomic E-state index is -0.0485. The van der Waals surface area contributed by atoms with Gasteiger partial charge in [-0.3, -0.25) is 4.79 Å². The highest BCUT2D eigenvalue weighted by Gasteiger charge is 2.56. The van der Waals surface area contributed by atoms with E-state index in [1.807, 2.05) is 6.92 Å². The highest BCUT2D eigenvalue weighted by atomic mass is 16.5. The number of allylic oxidation sites excluding steroid dienone is 5. The molecule has 0 radical (unpaired) electrons. The van der Waals surface area contributed by atoms with Gasteiger partial charge < -0.3 is 4.74 Å². The minimum Gasteiger partial charge on any atom is -0.462 e. The summed E-state index contributed by atoms with van der Waals surface area (Å²) in [6.45, 7) is 16.5. The van der Waals surface area contributed by atoms with Gasteiger partial charge in [-0.15, -0.1) is 0 Å². The molecule has 4 aliphatic rings. The van der Waals surface area contributed by atoms with Crippen LogP contribution in [0.15, 0.2) is 35.5 Å². The SMILES string of the molecule is CCC(=O)OC1CC[C@@]2(C)C(=CC=C3[C@@H]4CC[C@H]([C@H](C)/C=C/[C@H](C)C(C)C)[C@@]4(C)CC[C@@H]32)C1. The first-order valence-electron chi connectivity index (χ1n) is 13.9. The van der Waals surface area contributed by atoms with Crippen LogP contribution in [0.2, 0.25) is 0 Å². The summed E-state index contributed by atoms with van der Waals surface area (Å²) in [5.41, 5.74) is 3.99. The third kappa shape index (κ3) is 4.41. The Morgan fingerprint density at radius 2 is 1.79 bits per heavy atom. The van der Waals surface area contributed by atoms with Gasteiger partial charge in [0.25, 0.3) is 0 Å². The molecule has 0 saturated heterocycles. The van der Waals surface area contributed by atoms with Gasteiger partial charge in [0, 0.05) is 12.8 Å². The van der Waals surface area contributed by atoms with E-state index in [4.69, 9.17) is 4.74 Å². The number of fused-ring (bicyclic) bond motifs is 5. The Kier molecular flexibility index (Phi) is 7.05. The van der Waals surface area contributed by atoms with E-state index in [1.54, 1.807) is 5.57 Å². The summed E-state index contributed by atoms with van der Waals surface area (Å²) in [5.74, 6) is 4.20. The fourth-order valence-corrected chi connectivity index (χ4v) is 7.95. The fraction of sp³-hybridized carbons (Fsp3) is 0.774. The molecule has 0 N–H and O–H groups in total. The molecule has 8 atom stereocenters. The Balaban J connectivity index is 1.53. The number of esters is 1. The quantitative estimate of drug-likeness (QED) is 0.299. The van der Waals surface area contributed by atoms with E-state index in [-0.39, 0.29) is 17.5 Å². The Labute approximate surface area is 203 Å². The molecule has 184 valence electrons. The van der Waals surface area contributed by atoms with Crippen molar-refractivity contribution in [3.05, 3.63) is 35.5 Å². The number of carbonyl (C=O) groups is 1. The highest BCUT2D eigenvalue weighted by Crippen LogP contribution is 2.66. The fourth-order valence-electron chi connectivity index (χ4n) is 7.95. The maximum absolute atomic E-state index is 11.9. The van der Waals surface area contributed by atoms with E-state index in [2.05, 4.69) is 65.8 Å². The first-order valence-corrected chi connectivity index (χ1v) is 13.9. The number of hydrogen-bond acceptors (Lipinski definition) is 2. The predicted octanol–water partition coefficient (Wildman–Crippen LogP) is 8.29. The lowest BCUT2D eigenvalue weighted by molar-refractivity contribution is -0.150. The zero-order valence-corrected chi connectivity index (χ0v) is 22.3. The van der Waals surface area contributed by atoms with Gasteiger partial charge in [-0.2, -0.15) is 0 Å². The summed E-state index contributed by atoms with van der Waals surface area (Å²) < 4.78 is 5.74. The maximum Gasteiger partial charge on any atom is 0.305 e. The predicted molar refractivity (Wildman–Crippen MR) is 138 cm³/mol. The maximum atomic E-state index is 11.9. The standard InChI is InChI=1S/C31H48O2/c1-8-29(32)33-24-15-17-30(6)23(19-24)11-12-25-27-14-13-26(31(27,7)18-16-28(25)30)22(5)10-9-21(4)20(2)3/h9-12,20-22,24,26-28H,8,13-19H2,1-7H3/b10-9+/t21-,22+,24?,26+,27-,28-,30-,31+/m0/s1. The van der Waals surface area contributed by atoms with Crippen molar-refractivity contribution in [3.63, 3.8) is 0 Å². The summed E-state index contributed by atoms with van der Waals surface area (Å²) in [4.78, 5) is 11.9. The first kappa shape index (κ1) is 24.8. The van der Waals surface area contributed by atoms with Crippen molar-refractivity contribution in [2.45, 2.75) is 106 Å². The average Bonchev–Trinajstić information content (AvgIpc) is 3.14. The first-order chi connectivity index (χ1) is 15.6. The molecule has 0 spiro atoms. The largest absolute Gasteiger partial charge is 0.462 e. The van der Waals surface area contributed by atoms with E-state index in [0.717, 1.165) is 31.1 Å². The van der Waals surface area contributed by atoms with Crippen molar-refractivity contribution in [1.82, 2.24) is 0 Å². The summed E-state index contributed by atoms with van der Waals surface area (Å²) >= 11 is 0. The summed E-state index contributed by atoms with van der Waals surface area (Å²) in [6, 6.07) is 0. The zero-order chi connectivity index (χ0) is 24.0. The van der Waals surface area contributed by atoms with Gasteiger partial charge in [-0.05, 0) is 84.9 Å².